The Bertz CT molecular complexity index is 648. The van der Waals surface area contributed by atoms with Crippen LogP contribution in [0.25, 0.3) is 0 Å². The molecule has 0 radical (unpaired) electrons. The molecule has 1 aliphatic carbocycles. The Morgan fingerprint density at radius 2 is 1.96 bits per heavy atom. The number of hydrogen-bond acceptors (Lipinski definition) is 4. The quantitative estimate of drug-likeness (QED) is 0.731. The number of anilines is 1. The molecule has 6 nitrogen and oxygen atoms in total. The number of thiophene rings is 1. The van der Waals surface area contributed by atoms with Gasteiger partial charge in [-0.1, -0.05) is 0 Å². The molecule has 0 aromatic carbocycles. The Morgan fingerprint density at radius 3 is 2.58 bits per heavy atom. The van der Waals surface area contributed by atoms with Gasteiger partial charge in [0.1, 0.15) is 30.3 Å². The van der Waals surface area contributed by atoms with Gasteiger partial charge in [0.15, 0.2) is 6.04 Å². The number of hydrogen-bond donors (Lipinski definition) is 3. The SMILES string of the molecule is C[C@@H]1C[NH+]([C@@H](C)C(=O)Nc2sc3c(c2C(N)=O)CCC3)C[C@@H](C)O1. The van der Waals surface area contributed by atoms with E-state index in [0.29, 0.717) is 10.6 Å². The summed E-state index contributed by atoms with van der Waals surface area (Å²) in [6.45, 7) is 7.62. The zero-order valence-electron chi connectivity index (χ0n) is 14.5. The second-order valence-electron chi connectivity index (χ2n) is 6.96. The lowest BCUT2D eigenvalue weighted by atomic mass is 10.1. The van der Waals surface area contributed by atoms with Crippen molar-refractivity contribution in [3.05, 3.63) is 16.0 Å². The molecule has 3 atom stereocenters. The Balaban J connectivity index is 1.74. The minimum Gasteiger partial charge on any atom is -0.365 e. The summed E-state index contributed by atoms with van der Waals surface area (Å²) in [7, 11) is 0. The van der Waals surface area contributed by atoms with Crippen LogP contribution in [0.2, 0.25) is 0 Å². The van der Waals surface area contributed by atoms with Crippen LogP contribution in [0.4, 0.5) is 5.00 Å². The van der Waals surface area contributed by atoms with Crippen molar-refractivity contribution in [1.82, 2.24) is 0 Å². The normalized spacial score (nSPS) is 27.5. The fourth-order valence-electron chi connectivity index (χ4n) is 3.83. The van der Waals surface area contributed by atoms with Crippen LogP contribution < -0.4 is 16.0 Å². The van der Waals surface area contributed by atoms with Gasteiger partial charge in [-0.05, 0) is 45.6 Å². The molecule has 2 aliphatic rings. The van der Waals surface area contributed by atoms with E-state index in [9.17, 15) is 9.59 Å². The van der Waals surface area contributed by atoms with Crippen LogP contribution in [0.5, 0.6) is 0 Å². The molecule has 1 fully saturated rings. The number of nitrogens with one attached hydrogen (secondary N) is 2. The monoisotopic (exact) mass is 352 g/mol. The zero-order valence-corrected chi connectivity index (χ0v) is 15.3. The van der Waals surface area contributed by atoms with Gasteiger partial charge in [0, 0.05) is 4.88 Å². The highest BCUT2D eigenvalue weighted by molar-refractivity contribution is 7.17. The number of rotatable bonds is 4. The summed E-state index contributed by atoms with van der Waals surface area (Å²) in [5, 5.41) is 3.59. The highest BCUT2D eigenvalue weighted by atomic mass is 32.1. The highest BCUT2D eigenvalue weighted by Crippen LogP contribution is 2.38. The average Bonchev–Trinajstić information content (AvgIpc) is 3.05. The number of aryl methyl sites for hydroxylation is 1. The van der Waals surface area contributed by atoms with E-state index in [0.717, 1.165) is 37.9 Å². The first-order valence-electron chi connectivity index (χ1n) is 8.62. The molecular weight excluding hydrogens is 326 g/mol. The second-order valence-corrected chi connectivity index (χ2v) is 8.07. The van der Waals surface area contributed by atoms with Crippen molar-refractivity contribution < 1.29 is 19.2 Å². The third-order valence-electron chi connectivity index (χ3n) is 4.97. The van der Waals surface area contributed by atoms with Crippen LogP contribution in [-0.2, 0) is 22.4 Å². The van der Waals surface area contributed by atoms with Crippen molar-refractivity contribution >= 4 is 28.2 Å². The lowest BCUT2D eigenvalue weighted by Gasteiger charge is -2.35. The van der Waals surface area contributed by atoms with Gasteiger partial charge in [-0.3, -0.25) is 9.59 Å². The molecule has 0 saturated carbocycles. The number of fused-ring (bicyclic) bond motifs is 1. The zero-order chi connectivity index (χ0) is 17.4. The highest BCUT2D eigenvalue weighted by Gasteiger charge is 2.34. The molecule has 2 amide bonds. The standard InChI is InChI=1S/C17H25N3O3S/c1-9-7-20(8-10(2)23-9)11(3)16(22)19-17-14(15(18)21)12-5-4-6-13(12)24-17/h9-11H,4-8H2,1-3H3,(H2,18,21)(H,19,22)/p+1/t9-,10-,11+/m1/s1. The summed E-state index contributed by atoms with van der Waals surface area (Å²) in [4.78, 5) is 26.9. The molecule has 0 bridgehead atoms. The van der Waals surface area contributed by atoms with E-state index in [1.165, 1.54) is 21.1 Å². The van der Waals surface area contributed by atoms with Gasteiger partial charge in [-0.15, -0.1) is 11.3 Å². The fraction of sp³-hybridized carbons (Fsp3) is 0.647. The largest absolute Gasteiger partial charge is 0.365 e. The van der Waals surface area contributed by atoms with Crippen LogP contribution in [0.3, 0.4) is 0 Å². The Labute approximate surface area is 146 Å². The molecule has 24 heavy (non-hydrogen) atoms. The number of nitrogens with two attached hydrogens (primary N) is 1. The molecule has 1 aromatic heterocycles. The van der Waals surface area contributed by atoms with Crippen molar-refractivity contribution in [2.45, 2.75) is 58.3 Å². The van der Waals surface area contributed by atoms with Gasteiger partial charge < -0.3 is 20.7 Å². The van der Waals surface area contributed by atoms with Crippen LogP contribution >= 0.6 is 11.3 Å². The summed E-state index contributed by atoms with van der Waals surface area (Å²) < 4.78 is 5.74. The van der Waals surface area contributed by atoms with Gasteiger partial charge >= 0.3 is 0 Å². The molecule has 1 aliphatic heterocycles. The number of ether oxygens (including phenoxy) is 1. The number of amides is 2. The molecule has 132 valence electrons. The summed E-state index contributed by atoms with van der Waals surface area (Å²) in [5.41, 5.74) is 7.12. The van der Waals surface area contributed by atoms with Crippen molar-refractivity contribution in [1.29, 1.82) is 0 Å². The van der Waals surface area contributed by atoms with E-state index in [-0.39, 0.29) is 24.2 Å². The first-order chi connectivity index (χ1) is 11.4. The fourth-order valence-corrected chi connectivity index (χ4v) is 5.12. The molecule has 1 saturated heterocycles. The second kappa shape index (κ2) is 6.82. The van der Waals surface area contributed by atoms with Crippen LogP contribution in [0, 0.1) is 0 Å². The van der Waals surface area contributed by atoms with Gasteiger partial charge in [0.05, 0.1) is 5.56 Å². The topological polar surface area (TPSA) is 85.9 Å². The van der Waals surface area contributed by atoms with Gasteiger partial charge in [-0.25, -0.2) is 0 Å². The Hall–Kier alpha value is -1.44. The smallest absolute Gasteiger partial charge is 0.282 e. The predicted octanol–water partition coefficient (Wildman–Crippen LogP) is 0.355. The van der Waals surface area contributed by atoms with E-state index in [1.807, 2.05) is 20.8 Å². The Kier molecular flexibility index (Phi) is 4.94. The number of primary amides is 1. The van der Waals surface area contributed by atoms with Crippen LogP contribution in [0.15, 0.2) is 0 Å². The maximum absolute atomic E-state index is 12.7. The minimum absolute atomic E-state index is 0.0614. The van der Waals surface area contributed by atoms with Crippen molar-refractivity contribution in [3.63, 3.8) is 0 Å². The van der Waals surface area contributed by atoms with Crippen LogP contribution in [-0.4, -0.2) is 43.2 Å². The van der Waals surface area contributed by atoms with Gasteiger partial charge in [-0.2, -0.15) is 0 Å². The molecule has 0 unspecified atom stereocenters. The van der Waals surface area contributed by atoms with E-state index < -0.39 is 5.91 Å². The summed E-state index contributed by atoms with van der Waals surface area (Å²) in [5.74, 6) is -0.507. The van der Waals surface area contributed by atoms with Crippen molar-refractivity contribution in [2.75, 3.05) is 18.4 Å². The molecule has 3 rings (SSSR count). The molecule has 1 aromatic rings. The summed E-state index contributed by atoms with van der Waals surface area (Å²) in [6.07, 6.45) is 3.19. The average molecular weight is 352 g/mol. The van der Waals surface area contributed by atoms with Crippen LogP contribution in [0.1, 0.15) is 48.0 Å². The number of carbonyl (C=O) groups excluding carboxylic acids is 2. The maximum Gasteiger partial charge on any atom is 0.282 e. The van der Waals surface area contributed by atoms with Gasteiger partial charge in [0.2, 0.25) is 0 Å². The molecular formula is C17H26N3O3S+. The first kappa shape index (κ1) is 17.4. The van der Waals surface area contributed by atoms with E-state index in [1.54, 1.807) is 0 Å². The van der Waals surface area contributed by atoms with E-state index >= 15 is 0 Å². The minimum atomic E-state index is -0.446. The molecule has 4 N–H and O–H groups in total. The van der Waals surface area contributed by atoms with Gasteiger partial charge in [0.25, 0.3) is 11.8 Å². The molecule has 0 spiro atoms. The van der Waals surface area contributed by atoms with Crippen molar-refractivity contribution in [3.8, 4) is 0 Å². The Morgan fingerprint density at radius 1 is 1.29 bits per heavy atom. The van der Waals surface area contributed by atoms with Crippen molar-refractivity contribution in [2.24, 2.45) is 5.73 Å². The maximum atomic E-state index is 12.7. The first-order valence-corrected chi connectivity index (χ1v) is 9.43. The summed E-state index contributed by atoms with van der Waals surface area (Å²) in [6, 6.07) is -0.198. The lowest BCUT2D eigenvalue weighted by molar-refractivity contribution is -0.928. The van der Waals surface area contributed by atoms with E-state index in [2.05, 4.69) is 5.32 Å². The third kappa shape index (κ3) is 3.34. The predicted molar refractivity (Wildman–Crippen MR) is 93.7 cm³/mol. The number of carbonyl (C=O) groups is 2. The third-order valence-corrected chi connectivity index (χ3v) is 6.18. The van der Waals surface area contributed by atoms with E-state index in [4.69, 9.17) is 10.5 Å². The summed E-state index contributed by atoms with van der Waals surface area (Å²) >= 11 is 1.50. The molecule has 2 heterocycles. The number of quaternary nitrogens is 1. The number of morpholine rings is 1. The molecule has 7 heteroatoms. The lowest BCUT2D eigenvalue weighted by Crippen LogP contribution is -3.19.